The molecule has 6 heteroatoms. The molecule has 1 aliphatic rings. The molecule has 5 nitrogen and oxygen atoms in total. The lowest BCUT2D eigenvalue weighted by molar-refractivity contribution is 0.263. The van der Waals surface area contributed by atoms with E-state index in [-0.39, 0.29) is 10.7 Å². The first-order valence-corrected chi connectivity index (χ1v) is 7.12. The molecule has 0 amide bonds. The number of sulfonamides is 1. The van der Waals surface area contributed by atoms with Gasteiger partial charge in [0.05, 0.1) is 4.90 Å². The Morgan fingerprint density at radius 1 is 1.53 bits per heavy atom. The van der Waals surface area contributed by atoms with Gasteiger partial charge in [0.2, 0.25) is 10.0 Å². The molecule has 0 saturated heterocycles. The summed E-state index contributed by atoms with van der Waals surface area (Å²) in [4.78, 5) is 4.01. The molecule has 0 bridgehead atoms. The van der Waals surface area contributed by atoms with E-state index in [1.807, 2.05) is 0 Å². The highest BCUT2D eigenvalue weighted by molar-refractivity contribution is 7.89. The zero-order chi connectivity index (χ0) is 12.5. The Kier molecular flexibility index (Phi) is 3.35. The summed E-state index contributed by atoms with van der Waals surface area (Å²) < 4.78 is 25.8. The maximum Gasteiger partial charge on any atom is 0.243 e. The first-order valence-electron chi connectivity index (χ1n) is 5.68. The fraction of sp³-hybridized carbons (Fsp3) is 0.545. The number of rotatable bonds is 4. The van der Waals surface area contributed by atoms with Gasteiger partial charge < -0.3 is 5.73 Å². The van der Waals surface area contributed by atoms with Crippen molar-refractivity contribution in [3.8, 4) is 0 Å². The van der Waals surface area contributed by atoms with E-state index in [0.29, 0.717) is 12.5 Å². The third-order valence-corrected chi connectivity index (χ3v) is 5.02. The van der Waals surface area contributed by atoms with E-state index in [0.717, 1.165) is 12.8 Å². The molecule has 17 heavy (non-hydrogen) atoms. The van der Waals surface area contributed by atoms with Crippen molar-refractivity contribution in [2.24, 2.45) is 5.92 Å². The predicted octanol–water partition coefficient (Wildman–Crippen LogP) is 1.08. The van der Waals surface area contributed by atoms with Gasteiger partial charge in [-0.05, 0) is 24.8 Å². The van der Waals surface area contributed by atoms with Crippen LogP contribution in [-0.4, -0.2) is 31.3 Å². The SMILES string of the molecule is CN(CC1CCC1)S(=O)(=O)c1ccnc(N)c1. The average molecular weight is 255 g/mol. The third-order valence-electron chi connectivity index (χ3n) is 3.20. The second-order valence-electron chi connectivity index (χ2n) is 4.50. The first kappa shape index (κ1) is 12.3. The largest absolute Gasteiger partial charge is 0.384 e. The molecule has 0 atom stereocenters. The summed E-state index contributed by atoms with van der Waals surface area (Å²) in [7, 11) is -1.80. The molecule has 1 aliphatic carbocycles. The Morgan fingerprint density at radius 3 is 2.76 bits per heavy atom. The van der Waals surface area contributed by atoms with E-state index in [1.165, 1.54) is 29.1 Å². The lowest BCUT2D eigenvalue weighted by atomic mass is 9.86. The van der Waals surface area contributed by atoms with Gasteiger partial charge >= 0.3 is 0 Å². The Bertz CT molecular complexity index is 497. The standard InChI is InChI=1S/C11H17N3O2S/c1-14(8-9-3-2-4-9)17(15,16)10-5-6-13-11(12)7-10/h5-7,9H,2-4,8H2,1H3,(H2,12,13). The van der Waals surface area contributed by atoms with Crippen LogP contribution in [0.5, 0.6) is 0 Å². The van der Waals surface area contributed by atoms with Crippen LogP contribution in [0.1, 0.15) is 19.3 Å². The van der Waals surface area contributed by atoms with Crippen LogP contribution in [0.25, 0.3) is 0 Å². The van der Waals surface area contributed by atoms with Crippen LogP contribution < -0.4 is 5.73 Å². The van der Waals surface area contributed by atoms with Gasteiger partial charge in [0.15, 0.2) is 0 Å². The smallest absolute Gasteiger partial charge is 0.243 e. The fourth-order valence-electron chi connectivity index (χ4n) is 1.91. The van der Waals surface area contributed by atoms with E-state index in [4.69, 9.17) is 5.73 Å². The Labute approximate surface area is 102 Å². The molecule has 2 N–H and O–H groups in total. The molecule has 1 heterocycles. The van der Waals surface area contributed by atoms with Crippen molar-refractivity contribution >= 4 is 15.8 Å². The van der Waals surface area contributed by atoms with Crippen LogP contribution in [0.4, 0.5) is 5.82 Å². The molecule has 2 rings (SSSR count). The molecule has 0 spiro atoms. The Balaban J connectivity index is 2.16. The summed E-state index contributed by atoms with van der Waals surface area (Å²) in [6, 6.07) is 2.87. The molecule has 0 aromatic carbocycles. The molecule has 0 radical (unpaired) electrons. The lowest BCUT2D eigenvalue weighted by Crippen LogP contribution is -2.34. The number of nitrogens with two attached hydrogens (primary N) is 1. The molecule has 0 aliphatic heterocycles. The maximum absolute atomic E-state index is 12.2. The molecule has 1 aromatic rings. The zero-order valence-electron chi connectivity index (χ0n) is 9.83. The van der Waals surface area contributed by atoms with Crippen molar-refractivity contribution < 1.29 is 8.42 Å². The highest BCUT2D eigenvalue weighted by Gasteiger charge is 2.26. The number of hydrogen-bond acceptors (Lipinski definition) is 4. The summed E-state index contributed by atoms with van der Waals surface area (Å²) >= 11 is 0. The molecule has 1 saturated carbocycles. The van der Waals surface area contributed by atoms with Crippen LogP contribution in [-0.2, 0) is 10.0 Å². The predicted molar refractivity (Wildman–Crippen MR) is 65.8 cm³/mol. The van der Waals surface area contributed by atoms with E-state index in [2.05, 4.69) is 4.98 Å². The van der Waals surface area contributed by atoms with Gasteiger partial charge in [-0.15, -0.1) is 0 Å². The van der Waals surface area contributed by atoms with Crippen LogP contribution in [0.15, 0.2) is 23.2 Å². The van der Waals surface area contributed by atoms with Crippen molar-refractivity contribution in [2.45, 2.75) is 24.2 Å². The minimum absolute atomic E-state index is 0.215. The van der Waals surface area contributed by atoms with Gasteiger partial charge in [-0.25, -0.2) is 17.7 Å². The van der Waals surface area contributed by atoms with E-state index in [1.54, 1.807) is 7.05 Å². The van der Waals surface area contributed by atoms with E-state index < -0.39 is 10.0 Å². The van der Waals surface area contributed by atoms with Gasteiger partial charge in [0, 0.05) is 25.9 Å². The number of hydrogen-bond donors (Lipinski definition) is 1. The van der Waals surface area contributed by atoms with Crippen molar-refractivity contribution in [3.05, 3.63) is 18.3 Å². The number of pyridine rings is 1. The highest BCUT2D eigenvalue weighted by atomic mass is 32.2. The second-order valence-corrected chi connectivity index (χ2v) is 6.54. The summed E-state index contributed by atoms with van der Waals surface area (Å²) in [5, 5.41) is 0. The highest BCUT2D eigenvalue weighted by Crippen LogP contribution is 2.28. The second kappa shape index (κ2) is 4.62. The van der Waals surface area contributed by atoms with Crippen LogP contribution in [0.2, 0.25) is 0 Å². The topological polar surface area (TPSA) is 76.3 Å². The van der Waals surface area contributed by atoms with E-state index >= 15 is 0 Å². The first-order chi connectivity index (χ1) is 8.00. The minimum Gasteiger partial charge on any atom is -0.384 e. The van der Waals surface area contributed by atoms with Crippen molar-refractivity contribution in [3.63, 3.8) is 0 Å². The van der Waals surface area contributed by atoms with Crippen molar-refractivity contribution in [1.82, 2.24) is 9.29 Å². The monoisotopic (exact) mass is 255 g/mol. The third kappa shape index (κ3) is 2.58. The zero-order valence-corrected chi connectivity index (χ0v) is 10.7. The average Bonchev–Trinajstić information content (AvgIpc) is 2.23. The van der Waals surface area contributed by atoms with Crippen molar-refractivity contribution in [1.29, 1.82) is 0 Å². The summed E-state index contributed by atoms with van der Waals surface area (Å²) in [5.74, 6) is 0.733. The normalized spacial score (nSPS) is 17.1. The Morgan fingerprint density at radius 2 is 2.24 bits per heavy atom. The van der Waals surface area contributed by atoms with E-state index in [9.17, 15) is 8.42 Å². The summed E-state index contributed by atoms with van der Waals surface area (Å²) in [5.41, 5.74) is 5.50. The Hall–Kier alpha value is -1.14. The fourth-order valence-corrected chi connectivity index (χ4v) is 3.17. The molecule has 1 fully saturated rings. The number of nitrogen functional groups attached to an aromatic ring is 1. The van der Waals surface area contributed by atoms with Gasteiger partial charge in [-0.3, -0.25) is 0 Å². The van der Waals surface area contributed by atoms with Gasteiger partial charge in [-0.2, -0.15) is 0 Å². The van der Waals surface area contributed by atoms with Crippen molar-refractivity contribution in [2.75, 3.05) is 19.3 Å². The number of anilines is 1. The van der Waals surface area contributed by atoms with Crippen LogP contribution in [0, 0.1) is 5.92 Å². The minimum atomic E-state index is -3.42. The summed E-state index contributed by atoms with van der Waals surface area (Å²) in [6.07, 6.45) is 4.87. The number of nitrogens with zero attached hydrogens (tertiary/aromatic N) is 2. The van der Waals surface area contributed by atoms with Gasteiger partial charge in [0.25, 0.3) is 0 Å². The lowest BCUT2D eigenvalue weighted by Gasteiger charge is -2.29. The summed E-state index contributed by atoms with van der Waals surface area (Å²) in [6.45, 7) is 0.588. The maximum atomic E-state index is 12.2. The number of aromatic nitrogens is 1. The molecule has 1 aromatic heterocycles. The van der Waals surface area contributed by atoms with Gasteiger partial charge in [0.1, 0.15) is 5.82 Å². The van der Waals surface area contributed by atoms with Crippen LogP contribution in [0.3, 0.4) is 0 Å². The van der Waals surface area contributed by atoms with Crippen LogP contribution >= 0.6 is 0 Å². The van der Waals surface area contributed by atoms with Gasteiger partial charge in [-0.1, -0.05) is 6.42 Å². The molecular formula is C11H17N3O2S. The molecule has 94 valence electrons. The quantitative estimate of drug-likeness (QED) is 0.873. The molecule has 0 unspecified atom stereocenters. The molecular weight excluding hydrogens is 238 g/mol.